The minimum atomic E-state index is -0.0225. The Balaban J connectivity index is 2.47. The quantitative estimate of drug-likeness (QED) is 0.745. The Morgan fingerprint density at radius 3 is 2.88 bits per heavy atom. The summed E-state index contributed by atoms with van der Waals surface area (Å²) in [6, 6.07) is -0.0225. The van der Waals surface area contributed by atoms with Crippen LogP contribution in [-0.2, 0) is 13.0 Å². The molecule has 0 spiro atoms. The first-order valence-electron chi connectivity index (χ1n) is 5.78. The summed E-state index contributed by atoms with van der Waals surface area (Å²) in [5.74, 6) is 0. The van der Waals surface area contributed by atoms with Crippen LogP contribution in [0.15, 0.2) is 6.33 Å². The van der Waals surface area contributed by atoms with Gasteiger partial charge in [0.15, 0.2) is 0 Å². The van der Waals surface area contributed by atoms with Crippen LogP contribution in [-0.4, -0.2) is 16.5 Å². The topological polar surface area (TPSA) is 63.8 Å². The fraction of sp³-hybridized carbons (Fsp3) is 0.667. The fourth-order valence-corrected chi connectivity index (χ4v) is 2.26. The van der Waals surface area contributed by atoms with Crippen LogP contribution in [0.3, 0.4) is 0 Å². The van der Waals surface area contributed by atoms with Gasteiger partial charge in [-0.25, -0.2) is 9.97 Å². The number of nitrogens with zero attached hydrogens (tertiary/aromatic N) is 2. The Bertz CT molecular complexity index is 385. The lowest BCUT2D eigenvalue weighted by molar-refractivity contribution is 0.348. The molecule has 0 saturated heterocycles. The van der Waals surface area contributed by atoms with E-state index in [1.54, 1.807) is 6.33 Å². The van der Waals surface area contributed by atoms with Gasteiger partial charge in [0, 0.05) is 19.1 Å². The van der Waals surface area contributed by atoms with E-state index in [-0.39, 0.29) is 11.5 Å². The van der Waals surface area contributed by atoms with Crippen LogP contribution < -0.4 is 11.1 Å². The second-order valence-corrected chi connectivity index (χ2v) is 5.42. The molecule has 0 amide bonds. The van der Waals surface area contributed by atoms with E-state index in [1.807, 2.05) is 6.92 Å². The third-order valence-electron chi connectivity index (χ3n) is 3.05. The highest BCUT2D eigenvalue weighted by Gasteiger charge is 2.26. The second kappa shape index (κ2) is 4.11. The molecule has 4 heteroatoms. The molecule has 0 aromatic carbocycles. The molecule has 1 unspecified atom stereocenters. The predicted molar refractivity (Wildman–Crippen MR) is 63.8 cm³/mol. The molecule has 0 saturated carbocycles. The van der Waals surface area contributed by atoms with E-state index in [0.717, 1.165) is 30.9 Å². The van der Waals surface area contributed by atoms with Gasteiger partial charge >= 0.3 is 0 Å². The normalized spacial score (nSPS) is 21.0. The first kappa shape index (κ1) is 11.5. The van der Waals surface area contributed by atoms with Crippen LogP contribution in [0.2, 0.25) is 0 Å². The van der Waals surface area contributed by atoms with E-state index in [9.17, 15) is 0 Å². The SMILES string of the molecule is CC(N)c1ncnc2c1CC(C)(C)CNC2. The van der Waals surface area contributed by atoms with Crippen molar-refractivity contribution >= 4 is 0 Å². The Morgan fingerprint density at radius 2 is 2.19 bits per heavy atom. The first-order chi connectivity index (χ1) is 7.49. The van der Waals surface area contributed by atoms with E-state index in [2.05, 4.69) is 29.1 Å². The van der Waals surface area contributed by atoms with Crippen LogP contribution in [0.4, 0.5) is 0 Å². The lowest BCUT2D eigenvalue weighted by Crippen LogP contribution is -2.27. The molecule has 4 nitrogen and oxygen atoms in total. The summed E-state index contributed by atoms with van der Waals surface area (Å²) in [7, 11) is 0. The van der Waals surface area contributed by atoms with Crippen molar-refractivity contribution in [3.05, 3.63) is 23.3 Å². The van der Waals surface area contributed by atoms with Crippen molar-refractivity contribution in [2.45, 2.75) is 39.8 Å². The van der Waals surface area contributed by atoms with Crippen molar-refractivity contribution < 1.29 is 0 Å². The summed E-state index contributed by atoms with van der Waals surface area (Å²) in [5, 5.41) is 3.43. The molecule has 88 valence electrons. The number of hydrogen-bond acceptors (Lipinski definition) is 4. The third-order valence-corrected chi connectivity index (χ3v) is 3.05. The Labute approximate surface area is 96.7 Å². The van der Waals surface area contributed by atoms with Gasteiger partial charge in [-0.2, -0.15) is 0 Å². The van der Waals surface area contributed by atoms with Crippen LogP contribution in [0.5, 0.6) is 0 Å². The monoisotopic (exact) mass is 220 g/mol. The van der Waals surface area contributed by atoms with Gasteiger partial charge in [-0.3, -0.25) is 0 Å². The zero-order chi connectivity index (χ0) is 11.8. The Kier molecular flexibility index (Phi) is 2.95. The third kappa shape index (κ3) is 2.23. The first-order valence-corrected chi connectivity index (χ1v) is 5.78. The summed E-state index contributed by atoms with van der Waals surface area (Å²) < 4.78 is 0. The zero-order valence-electron chi connectivity index (χ0n) is 10.2. The minimum absolute atomic E-state index is 0.0225. The van der Waals surface area contributed by atoms with Crippen molar-refractivity contribution in [1.29, 1.82) is 0 Å². The number of aromatic nitrogens is 2. The molecular weight excluding hydrogens is 200 g/mol. The number of nitrogens with one attached hydrogen (secondary N) is 1. The summed E-state index contributed by atoms with van der Waals surface area (Å²) in [6.07, 6.45) is 2.62. The van der Waals surface area contributed by atoms with Gasteiger partial charge in [-0.05, 0) is 24.3 Å². The molecule has 0 aliphatic carbocycles. The second-order valence-electron chi connectivity index (χ2n) is 5.42. The number of rotatable bonds is 1. The van der Waals surface area contributed by atoms with E-state index in [1.165, 1.54) is 5.56 Å². The van der Waals surface area contributed by atoms with Gasteiger partial charge in [0.25, 0.3) is 0 Å². The molecule has 2 rings (SSSR count). The standard InChI is InChI=1S/C12H20N4/c1-8(13)11-9-4-12(2,3)6-14-5-10(9)15-7-16-11/h7-8,14H,4-6,13H2,1-3H3. The summed E-state index contributed by atoms with van der Waals surface area (Å²) >= 11 is 0. The maximum Gasteiger partial charge on any atom is 0.116 e. The van der Waals surface area contributed by atoms with Crippen LogP contribution in [0, 0.1) is 5.41 Å². The molecule has 0 radical (unpaired) electrons. The molecule has 2 heterocycles. The summed E-state index contributed by atoms with van der Waals surface area (Å²) in [6.45, 7) is 8.32. The highest BCUT2D eigenvalue weighted by Crippen LogP contribution is 2.28. The molecule has 16 heavy (non-hydrogen) atoms. The maximum absolute atomic E-state index is 5.97. The van der Waals surface area contributed by atoms with E-state index in [0.29, 0.717) is 0 Å². The van der Waals surface area contributed by atoms with Gasteiger partial charge in [0.2, 0.25) is 0 Å². The molecule has 0 bridgehead atoms. The van der Waals surface area contributed by atoms with Crippen LogP contribution >= 0.6 is 0 Å². The Hall–Kier alpha value is -1.00. The van der Waals surface area contributed by atoms with Gasteiger partial charge < -0.3 is 11.1 Å². The number of hydrogen-bond donors (Lipinski definition) is 2. The lowest BCUT2D eigenvalue weighted by Gasteiger charge is -2.23. The maximum atomic E-state index is 5.97. The largest absolute Gasteiger partial charge is 0.323 e. The van der Waals surface area contributed by atoms with Crippen molar-refractivity contribution in [2.24, 2.45) is 11.1 Å². The molecule has 1 aliphatic rings. The highest BCUT2D eigenvalue weighted by molar-refractivity contribution is 5.29. The fourth-order valence-electron chi connectivity index (χ4n) is 2.26. The van der Waals surface area contributed by atoms with E-state index >= 15 is 0 Å². The zero-order valence-corrected chi connectivity index (χ0v) is 10.2. The average Bonchev–Trinajstić information content (AvgIpc) is 2.33. The smallest absolute Gasteiger partial charge is 0.116 e. The van der Waals surface area contributed by atoms with Crippen LogP contribution in [0.25, 0.3) is 0 Å². The van der Waals surface area contributed by atoms with Gasteiger partial charge in [-0.1, -0.05) is 13.8 Å². The van der Waals surface area contributed by atoms with Gasteiger partial charge in [-0.15, -0.1) is 0 Å². The van der Waals surface area contributed by atoms with Crippen molar-refractivity contribution in [3.63, 3.8) is 0 Å². The van der Waals surface area contributed by atoms with Crippen LogP contribution in [0.1, 0.15) is 43.8 Å². The molecule has 1 aromatic heterocycles. The molecule has 1 atom stereocenters. The molecule has 0 fully saturated rings. The highest BCUT2D eigenvalue weighted by atomic mass is 14.9. The minimum Gasteiger partial charge on any atom is -0.323 e. The van der Waals surface area contributed by atoms with Crippen molar-refractivity contribution in [1.82, 2.24) is 15.3 Å². The molecule has 1 aromatic rings. The molecule has 3 N–H and O–H groups in total. The van der Waals surface area contributed by atoms with E-state index < -0.39 is 0 Å². The molecular formula is C12H20N4. The predicted octanol–water partition coefficient (Wildman–Crippen LogP) is 1.17. The van der Waals surface area contributed by atoms with E-state index in [4.69, 9.17) is 5.73 Å². The van der Waals surface area contributed by atoms with Crippen molar-refractivity contribution in [2.75, 3.05) is 6.54 Å². The van der Waals surface area contributed by atoms with Crippen molar-refractivity contribution in [3.8, 4) is 0 Å². The summed E-state index contributed by atoms with van der Waals surface area (Å²) in [5.41, 5.74) is 9.55. The number of fused-ring (bicyclic) bond motifs is 1. The number of nitrogens with two attached hydrogens (primary N) is 1. The molecule has 1 aliphatic heterocycles. The Morgan fingerprint density at radius 1 is 1.44 bits per heavy atom. The van der Waals surface area contributed by atoms with Gasteiger partial charge in [0.1, 0.15) is 6.33 Å². The lowest BCUT2D eigenvalue weighted by atomic mass is 9.85. The summed E-state index contributed by atoms with van der Waals surface area (Å²) in [4.78, 5) is 8.69. The van der Waals surface area contributed by atoms with Gasteiger partial charge in [0.05, 0.1) is 11.4 Å². The average molecular weight is 220 g/mol.